The normalized spacial score (nSPS) is 16.6. The van der Waals surface area contributed by atoms with E-state index >= 15 is 0 Å². The molecule has 1 aromatic heterocycles. The van der Waals surface area contributed by atoms with Gasteiger partial charge in [-0.15, -0.1) is 0 Å². The first-order chi connectivity index (χ1) is 12.1. The van der Waals surface area contributed by atoms with E-state index in [4.69, 9.17) is 9.47 Å². The van der Waals surface area contributed by atoms with Crippen molar-refractivity contribution in [1.29, 1.82) is 0 Å². The Morgan fingerprint density at radius 1 is 1.40 bits per heavy atom. The predicted molar refractivity (Wildman–Crippen MR) is 102 cm³/mol. The molecule has 0 saturated heterocycles. The zero-order valence-corrected chi connectivity index (χ0v) is 16.3. The van der Waals surface area contributed by atoms with Gasteiger partial charge in [-0.2, -0.15) is 0 Å². The summed E-state index contributed by atoms with van der Waals surface area (Å²) in [5.74, 6) is 2.41. The van der Waals surface area contributed by atoms with Gasteiger partial charge in [0.1, 0.15) is 12.7 Å². The molecule has 1 atom stereocenters. The van der Waals surface area contributed by atoms with Gasteiger partial charge in [0, 0.05) is 37.5 Å². The molecule has 2 heterocycles. The van der Waals surface area contributed by atoms with E-state index in [1.54, 1.807) is 7.05 Å². The molecule has 0 bridgehead atoms. The lowest BCUT2D eigenvalue weighted by Gasteiger charge is -2.28. The first-order valence-corrected chi connectivity index (χ1v) is 8.97. The molecule has 0 saturated carbocycles. The van der Waals surface area contributed by atoms with E-state index in [0.29, 0.717) is 13.2 Å². The first-order valence-electron chi connectivity index (χ1n) is 8.18. The smallest absolute Gasteiger partial charge is 0.193 e. The molecule has 0 aliphatic carbocycles. The quantitative estimate of drug-likeness (QED) is 0.626. The lowest BCUT2D eigenvalue weighted by Crippen LogP contribution is -2.45. The Morgan fingerprint density at radius 3 is 2.84 bits per heavy atom. The monoisotopic (exact) mass is 406 g/mol. The number of aryl methyl sites for hydroxylation is 1. The SMILES string of the molecule is CN=C(NCC1COc2ccccc2O1)N(C)Cc1cc(Br)cn1C. The summed E-state index contributed by atoms with van der Waals surface area (Å²) >= 11 is 3.51. The van der Waals surface area contributed by atoms with Crippen molar-refractivity contribution in [1.82, 2.24) is 14.8 Å². The molecular weight excluding hydrogens is 384 g/mol. The molecule has 25 heavy (non-hydrogen) atoms. The van der Waals surface area contributed by atoms with E-state index in [1.165, 1.54) is 5.69 Å². The number of hydrogen-bond donors (Lipinski definition) is 1. The van der Waals surface area contributed by atoms with Crippen molar-refractivity contribution in [2.45, 2.75) is 12.6 Å². The lowest BCUT2D eigenvalue weighted by atomic mass is 10.2. The summed E-state index contributed by atoms with van der Waals surface area (Å²) in [5.41, 5.74) is 1.20. The molecule has 2 aromatic rings. The number of para-hydroxylation sites is 2. The first kappa shape index (κ1) is 17.7. The highest BCUT2D eigenvalue weighted by Gasteiger charge is 2.21. The van der Waals surface area contributed by atoms with Gasteiger partial charge in [-0.3, -0.25) is 4.99 Å². The van der Waals surface area contributed by atoms with Crippen molar-refractivity contribution >= 4 is 21.9 Å². The van der Waals surface area contributed by atoms with Crippen molar-refractivity contribution in [2.75, 3.05) is 27.2 Å². The van der Waals surface area contributed by atoms with Crippen molar-refractivity contribution in [3.8, 4) is 11.5 Å². The van der Waals surface area contributed by atoms with Gasteiger partial charge >= 0.3 is 0 Å². The molecule has 1 unspecified atom stereocenters. The Bertz CT molecular complexity index is 759. The maximum Gasteiger partial charge on any atom is 0.193 e. The van der Waals surface area contributed by atoms with E-state index in [0.717, 1.165) is 28.5 Å². The molecular formula is C18H23BrN4O2. The number of aromatic nitrogens is 1. The topological polar surface area (TPSA) is 51.0 Å². The molecule has 1 aromatic carbocycles. The maximum atomic E-state index is 5.98. The number of hydrogen-bond acceptors (Lipinski definition) is 3. The minimum absolute atomic E-state index is 0.0516. The van der Waals surface area contributed by atoms with Crippen LogP contribution in [0.4, 0.5) is 0 Å². The van der Waals surface area contributed by atoms with Crippen LogP contribution in [0.1, 0.15) is 5.69 Å². The molecule has 0 radical (unpaired) electrons. The highest BCUT2D eigenvalue weighted by Crippen LogP contribution is 2.30. The summed E-state index contributed by atoms with van der Waals surface area (Å²) in [4.78, 5) is 6.45. The van der Waals surface area contributed by atoms with Gasteiger partial charge in [-0.05, 0) is 34.1 Å². The molecule has 7 heteroatoms. The van der Waals surface area contributed by atoms with Crippen LogP contribution in [0.5, 0.6) is 11.5 Å². The molecule has 1 aliphatic rings. The van der Waals surface area contributed by atoms with Gasteiger partial charge in [0.25, 0.3) is 0 Å². The number of guanidine groups is 1. The highest BCUT2D eigenvalue weighted by atomic mass is 79.9. The van der Waals surface area contributed by atoms with Crippen molar-refractivity contribution in [3.05, 3.63) is 46.7 Å². The number of fused-ring (bicyclic) bond motifs is 1. The highest BCUT2D eigenvalue weighted by molar-refractivity contribution is 9.10. The fraction of sp³-hybridized carbons (Fsp3) is 0.389. The molecule has 0 fully saturated rings. The summed E-state index contributed by atoms with van der Waals surface area (Å²) in [5, 5.41) is 3.37. The Labute approximate surface area is 156 Å². The van der Waals surface area contributed by atoms with Gasteiger partial charge in [-0.1, -0.05) is 12.1 Å². The Balaban J connectivity index is 1.55. The van der Waals surface area contributed by atoms with Crippen LogP contribution in [0.15, 0.2) is 46.0 Å². The van der Waals surface area contributed by atoms with Crippen LogP contribution in [-0.4, -0.2) is 48.8 Å². The zero-order valence-electron chi connectivity index (χ0n) is 14.7. The van der Waals surface area contributed by atoms with Crippen LogP contribution in [0.3, 0.4) is 0 Å². The zero-order chi connectivity index (χ0) is 17.8. The van der Waals surface area contributed by atoms with E-state index in [2.05, 4.69) is 41.8 Å². The van der Waals surface area contributed by atoms with Crippen LogP contribution >= 0.6 is 15.9 Å². The number of ether oxygens (including phenoxy) is 2. The minimum Gasteiger partial charge on any atom is -0.486 e. The molecule has 134 valence electrons. The lowest BCUT2D eigenvalue weighted by molar-refractivity contribution is 0.0931. The minimum atomic E-state index is -0.0516. The molecule has 3 rings (SSSR count). The van der Waals surface area contributed by atoms with Crippen molar-refractivity contribution in [3.63, 3.8) is 0 Å². The summed E-state index contributed by atoms with van der Waals surface area (Å²) in [6, 6.07) is 9.85. The van der Waals surface area contributed by atoms with Crippen LogP contribution in [0.25, 0.3) is 0 Å². The third-order valence-electron chi connectivity index (χ3n) is 4.10. The maximum absolute atomic E-state index is 5.98. The number of rotatable bonds is 4. The van der Waals surface area contributed by atoms with E-state index in [9.17, 15) is 0 Å². The average Bonchev–Trinajstić information content (AvgIpc) is 2.92. The number of halogens is 1. The summed E-state index contributed by atoms with van der Waals surface area (Å²) in [6.07, 6.45) is 1.99. The third-order valence-corrected chi connectivity index (χ3v) is 4.54. The Kier molecular flexibility index (Phi) is 5.53. The fourth-order valence-electron chi connectivity index (χ4n) is 2.79. The average molecular weight is 407 g/mol. The second-order valence-corrected chi connectivity index (χ2v) is 6.96. The van der Waals surface area contributed by atoms with Crippen LogP contribution in [0.2, 0.25) is 0 Å². The fourth-order valence-corrected chi connectivity index (χ4v) is 3.37. The Morgan fingerprint density at radius 2 is 2.16 bits per heavy atom. The van der Waals surface area contributed by atoms with Gasteiger partial charge in [0.2, 0.25) is 0 Å². The number of nitrogens with zero attached hydrogens (tertiary/aromatic N) is 3. The van der Waals surface area contributed by atoms with E-state index in [1.807, 2.05) is 44.6 Å². The van der Waals surface area contributed by atoms with Crippen molar-refractivity contribution < 1.29 is 9.47 Å². The van der Waals surface area contributed by atoms with Crippen LogP contribution in [-0.2, 0) is 13.6 Å². The van der Waals surface area contributed by atoms with Crippen LogP contribution in [0, 0.1) is 0 Å². The second kappa shape index (κ2) is 7.82. The molecule has 1 N–H and O–H groups in total. The number of nitrogens with one attached hydrogen (secondary N) is 1. The summed E-state index contributed by atoms with van der Waals surface area (Å²) < 4.78 is 14.9. The third kappa shape index (κ3) is 4.28. The van der Waals surface area contributed by atoms with E-state index < -0.39 is 0 Å². The van der Waals surface area contributed by atoms with Gasteiger partial charge in [0.15, 0.2) is 17.5 Å². The molecule has 0 amide bonds. The molecule has 0 spiro atoms. The summed E-state index contributed by atoms with van der Waals surface area (Å²) in [6.45, 7) is 1.91. The number of aliphatic imine (C=N–C) groups is 1. The van der Waals surface area contributed by atoms with Gasteiger partial charge in [-0.25, -0.2) is 0 Å². The van der Waals surface area contributed by atoms with Crippen molar-refractivity contribution in [2.24, 2.45) is 12.0 Å². The number of benzene rings is 1. The predicted octanol–water partition coefficient (Wildman–Crippen LogP) is 2.63. The standard InChI is InChI=1S/C18H23BrN4O2/c1-20-18(23(3)11-14-8-13(19)10-22(14)2)21-9-15-12-24-16-6-4-5-7-17(16)25-15/h4-8,10,15H,9,11-12H2,1-3H3,(H,20,21). The Hall–Kier alpha value is -2.15. The summed E-state index contributed by atoms with van der Waals surface area (Å²) in [7, 11) is 5.84. The van der Waals surface area contributed by atoms with Gasteiger partial charge < -0.3 is 24.3 Å². The second-order valence-electron chi connectivity index (χ2n) is 6.04. The molecule has 1 aliphatic heterocycles. The van der Waals surface area contributed by atoms with E-state index in [-0.39, 0.29) is 6.10 Å². The molecule has 6 nitrogen and oxygen atoms in total. The largest absolute Gasteiger partial charge is 0.486 e. The van der Waals surface area contributed by atoms with Gasteiger partial charge in [0.05, 0.1) is 13.1 Å². The van der Waals surface area contributed by atoms with Crippen LogP contribution < -0.4 is 14.8 Å².